The van der Waals surface area contributed by atoms with Gasteiger partial charge in [-0.05, 0) is 54.8 Å². The Hall–Kier alpha value is -3.55. The van der Waals surface area contributed by atoms with Crippen LogP contribution >= 0.6 is 0 Å². The Labute approximate surface area is 172 Å². The zero-order valence-corrected chi connectivity index (χ0v) is 16.3. The van der Waals surface area contributed by atoms with Gasteiger partial charge in [-0.1, -0.05) is 12.1 Å². The molecular weight excluding hydrogens is 392 g/mol. The lowest BCUT2D eigenvalue weighted by Crippen LogP contribution is -2.18. The van der Waals surface area contributed by atoms with Crippen molar-refractivity contribution in [3.05, 3.63) is 77.0 Å². The summed E-state index contributed by atoms with van der Waals surface area (Å²) in [6.45, 7) is 2.56. The quantitative estimate of drug-likeness (QED) is 0.567. The lowest BCUT2D eigenvalue weighted by Gasteiger charge is -2.19. The van der Waals surface area contributed by atoms with E-state index in [1.54, 1.807) is 25.1 Å². The number of rotatable bonds is 6. The van der Waals surface area contributed by atoms with Gasteiger partial charge in [-0.25, -0.2) is 18.6 Å². The predicted molar refractivity (Wildman–Crippen MR) is 106 cm³/mol. The molecule has 30 heavy (non-hydrogen) atoms. The molecule has 0 unspecified atom stereocenters. The van der Waals surface area contributed by atoms with Gasteiger partial charge in [0.1, 0.15) is 23.8 Å². The average molecular weight is 411 g/mol. The van der Waals surface area contributed by atoms with E-state index in [4.69, 9.17) is 9.47 Å². The topological polar surface area (TPSA) is 64.5 Å². The number of carbonyl (C=O) groups is 1. The van der Waals surface area contributed by atoms with Crippen LogP contribution < -0.4 is 9.64 Å². The fraction of sp³-hybridized carbons (Fsp3) is 0.227. The molecule has 0 atom stereocenters. The van der Waals surface area contributed by atoms with E-state index in [1.807, 2.05) is 4.90 Å². The first-order chi connectivity index (χ1) is 14.5. The highest BCUT2D eigenvalue weighted by Crippen LogP contribution is 2.34. The zero-order chi connectivity index (χ0) is 21.1. The van der Waals surface area contributed by atoms with E-state index >= 15 is 0 Å². The summed E-state index contributed by atoms with van der Waals surface area (Å²) in [7, 11) is 0. The molecule has 6 nitrogen and oxygen atoms in total. The summed E-state index contributed by atoms with van der Waals surface area (Å²) >= 11 is 0. The molecule has 8 heteroatoms. The van der Waals surface area contributed by atoms with Gasteiger partial charge in [0.25, 0.3) is 0 Å². The third-order valence-corrected chi connectivity index (χ3v) is 4.70. The second-order valence-corrected chi connectivity index (χ2v) is 6.70. The summed E-state index contributed by atoms with van der Waals surface area (Å²) in [6, 6.07) is 10.4. The van der Waals surface area contributed by atoms with Crippen molar-refractivity contribution in [3.8, 4) is 5.88 Å². The number of aromatic nitrogens is 2. The number of anilines is 2. The van der Waals surface area contributed by atoms with E-state index in [9.17, 15) is 13.6 Å². The van der Waals surface area contributed by atoms with Crippen LogP contribution in [0.4, 0.5) is 20.4 Å². The third kappa shape index (κ3) is 4.07. The van der Waals surface area contributed by atoms with Crippen molar-refractivity contribution in [2.75, 3.05) is 18.1 Å². The van der Waals surface area contributed by atoms with Crippen LogP contribution in [-0.4, -0.2) is 29.1 Å². The van der Waals surface area contributed by atoms with Crippen molar-refractivity contribution < 1.29 is 23.0 Å². The molecule has 3 aromatic rings. The highest BCUT2D eigenvalue weighted by molar-refractivity contribution is 5.91. The van der Waals surface area contributed by atoms with E-state index in [1.165, 1.54) is 30.5 Å². The van der Waals surface area contributed by atoms with Crippen LogP contribution in [0.5, 0.6) is 5.88 Å². The fourth-order valence-electron chi connectivity index (χ4n) is 3.26. The summed E-state index contributed by atoms with van der Waals surface area (Å²) in [6.07, 6.45) is 2.02. The van der Waals surface area contributed by atoms with Gasteiger partial charge in [0.15, 0.2) is 0 Å². The SMILES string of the molecule is CCOC(=O)c1cnc(N2CCc3cc(F)ccc32)nc1OCc1ccc(F)cc1. The van der Waals surface area contributed by atoms with Gasteiger partial charge in [0.2, 0.25) is 11.8 Å². The Morgan fingerprint density at radius 1 is 1.13 bits per heavy atom. The molecule has 0 saturated heterocycles. The highest BCUT2D eigenvalue weighted by atomic mass is 19.1. The van der Waals surface area contributed by atoms with Gasteiger partial charge < -0.3 is 14.4 Å². The Morgan fingerprint density at radius 3 is 2.67 bits per heavy atom. The molecule has 1 aromatic heterocycles. The van der Waals surface area contributed by atoms with E-state index in [-0.39, 0.29) is 36.3 Å². The first kappa shape index (κ1) is 19.8. The second kappa shape index (κ2) is 8.44. The predicted octanol–water partition coefficient (Wildman–Crippen LogP) is 4.20. The molecule has 0 radical (unpaired) electrons. The average Bonchev–Trinajstić information content (AvgIpc) is 3.16. The minimum atomic E-state index is -0.595. The van der Waals surface area contributed by atoms with Crippen LogP contribution in [-0.2, 0) is 17.8 Å². The number of halogens is 2. The van der Waals surface area contributed by atoms with Gasteiger partial charge >= 0.3 is 5.97 Å². The molecule has 154 valence electrons. The van der Waals surface area contributed by atoms with Crippen molar-refractivity contribution in [2.24, 2.45) is 0 Å². The number of hydrogen-bond acceptors (Lipinski definition) is 6. The molecule has 0 amide bonds. The lowest BCUT2D eigenvalue weighted by atomic mass is 10.2. The molecule has 4 rings (SSSR count). The second-order valence-electron chi connectivity index (χ2n) is 6.70. The first-order valence-electron chi connectivity index (χ1n) is 9.52. The maximum atomic E-state index is 13.5. The standard InChI is InChI=1S/C22H19F2N3O3/c1-2-29-21(28)18-12-25-22(27-10-9-15-11-17(24)7-8-19(15)27)26-20(18)30-13-14-3-5-16(23)6-4-14/h3-8,11-12H,2,9-10,13H2,1H3. The van der Waals surface area contributed by atoms with E-state index in [0.29, 0.717) is 24.5 Å². The monoisotopic (exact) mass is 411 g/mol. The number of hydrogen-bond donors (Lipinski definition) is 0. The van der Waals surface area contributed by atoms with Crippen LogP contribution in [0.2, 0.25) is 0 Å². The van der Waals surface area contributed by atoms with Crippen molar-refractivity contribution in [1.82, 2.24) is 9.97 Å². The third-order valence-electron chi connectivity index (χ3n) is 4.70. The molecule has 2 heterocycles. The maximum Gasteiger partial charge on any atom is 0.345 e. The van der Waals surface area contributed by atoms with Crippen molar-refractivity contribution in [1.29, 1.82) is 0 Å². The maximum absolute atomic E-state index is 13.5. The fourth-order valence-corrected chi connectivity index (χ4v) is 3.26. The summed E-state index contributed by atoms with van der Waals surface area (Å²) in [5.74, 6) is -0.834. The molecule has 2 aromatic carbocycles. The summed E-state index contributed by atoms with van der Waals surface area (Å²) < 4.78 is 37.5. The molecule has 1 aliphatic heterocycles. The van der Waals surface area contributed by atoms with Crippen molar-refractivity contribution >= 4 is 17.6 Å². The van der Waals surface area contributed by atoms with Gasteiger partial charge in [0, 0.05) is 12.2 Å². The summed E-state index contributed by atoms with van der Waals surface area (Å²) in [5, 5.41) is 0. The van der Waals surface area contributed by atoms with Crippen LogP contribution in [0.25, 0.3) is 0 Å². The normalized spacial score (nSPS) is 12.6. The highest BCUT2D eigenvalue weighted by Gasteiger charge is 2.25. The van der Waals surface area contributed by atoms with Crippen molar-refractivity contribution in [2.45, 2.75) is 20.0 Å². The molecular formula is C22H19F2N3O3. The zero-order valence-electron chi connectivity index (χ0n) is 16.3. The smallest absolute Gasteiger partial charge is 0.345 e. The Bertz CT molecular complexity index is 1070. The van der Waals surface area contributed by atoms with Crippen LogP contribution in [0.3, 0.4) is 0 Å². The van der Waals surface area contributed by atoms with Crippen LogP contribution in [0.1, 0.15) is 28.4 Å². The molecule has 0 fully saturated rings. The molecule has 0 N–H and O–H groups in total. The van der Waals surface area contributed by atoms with Crippen LogP contribution in [0.15, 0.2) is 48.7 Å². The minimum Gasteiger partial charge on any atom is -0.472 e. The Balaban J connectivity index is 1.64. The number of benzene rings is 2. The largest absolute Gasteiger partial charge is 0.472 e. The van der Waals surface area contributed by atoms with E-state index in [2.05, 4.69) is 9.97 Å². The van der Waals surface area contributed by atoms with E-state index < -0.39 is 5.97 Å². The van der Waals surface area contributed by atoms with Gasteiger partial charge in [0.05, 0.1) is 12.8 Å². The summed E-state index contributed by atoms with van der Waals surface area (Å²) in [4.78, 5) is 22.9. The molecule has 0 spiro atoms. The number of nitrogens with zero attached hydrogens (tertiary/aromatic N) is 3. The minimum absolute atomic E-state index is 0.0679. The number of ether oxygens (including phenoxy) is 2. The van der Waals surface area contributed by atoms with Gasteiger partial charge in [-0.3, -0.25) is 0 Å². The molecule has 1 aliphatic rings. The van der Waals surface area contributed by atoms with Crippen LogP contribution in [0, 0.1) is 11.6 Å². The molecule has 0 aliphatic carbocycles. The van der Waals surface area contributed by atoms with E-state index in [0.717, 1.165) is 11.3 Å². The Morgan fingerprint density at radius 2 is 1.90 bits per heavy atom. The molecule has 0 bridgehead atoms. The van der Waals surface area contributed by atoms with Gasteiger partial charge in [-0.15, -0.1) is 0 Å². The van der Waals surface area contributed by atoms with Gasteiger partial charge in [-0.2, -0.15) is 4.98 Å². The number of esters is 1. The molecule has 0 saturated carbocycles. The Kier molecular flexibility index (Phi) is 5.56. The number of carbonyl (C=O) groups excluding carboxylic acids is 1. The van der Waals surface area contributed by atoms with Crippen molar-refractivity contribution in [3.63, 3.8) is 0 Å². The first-order valence-corrected chi connectivity index (χ1v) is 9.52. The summed E-state index contributed by atoms with van der Waals surface area (Å²) in [5.41, 5.74) is 2.49. The number of fused-ring (bicyclic) bond motifs is 1. The lowest BCUT2D eigenvalue weighted by molar-refractivity contribution is 0.0519.